The third-order valence-corrected chi connectivity index (χ3v) is 1.68. The van der Waals surface area contributed by atoms with E-state index in [-0.39, 0.29) is 6.04 Å². The summed E-state index contributed by atoms with van der Waals surface area (Å²) >= 11 is 1.34. The van der Waals surface area contributed by atoms with E-state index in [0.29, 0.717) is 6.54 Å². The van der Waals surface area contributed by atoms with E-state index in [9.17, 15) is 0 Å². The molecule has 0 aliphatic rings. The van der Waals surface area contributed by atoms with Gasteiger partial charge in [-0.1, -0.05) is 0 Å². The minimum Gasteiger partial charge on any atom is -0.357 e. The van der Waals surface area contributed by atoms with Crippen molar-refractivity contribution in [1.82, 2.24) is 9.36 Å². The predicted octanol–water partition coefficient (Wildman–Crippen LogP) is 0.297. The highest BCUT2D eigenvalue weighted by Gasteiger charge is 1.99. The van der Waals surface area contributed by atoms with Crippen molar-refractivity contribution < 1.29 is 0 Å². The van der Waals surface area contributed by atoms with Gasteiger partial charge in [0.05, 0.1) is 0 Å². The fourth-order valence-electron chi connectivity index (χ4n) is 0.506. The molecule has 10 heavy (non-hydrogen) atoms. The molecule has 0 aromatic carbocycles. The van der Waals surface area contributed by atoms with E-state index in [1.54, 1.807) is 0 Å². The van der Waals surface area contributed by atoms with Gasteiger partial charge >= 0.3 is 0 Å². The van der Waals surface area contributed by atoms with Crippen LogP contribution < -0.4 is 11.1 Å². The van der Waals surface area contributed by atoms with Gasteiger partial charge < -0.3 is 11.1 Å². The summed E-state index contributed by atoms with van der Waals surface area (Å²) in [5.74, 6) is 0. The molecule has 0 saturated heterocycles. The van der Waals surface area contributed by atoms with Gasteiger partial charge in [0.2, 0.25) is 5.13 Å². The van der Waals surface area contributed by atoms with E-state index < -0.39 is 0 Å². The van der Waals surface area contributed by atoms with E-state index in [1.807, 2.05) is 6.92 Å². The summed E-state index contributed by atoms with van der Waals surface area (Å²) in [7, 11) is 0. The number of nitrogens with one attached hydrogen (secondary N) is 1. The van der Waals surface area contributed by atoms with Crippen molar-refractivity contribution in [2.75, 3.05) is 11.9 Å². The van der Waals surface area contributed by atoms with Gasteiger partial charge in [0.25, 0.3) is 0 Å². The van der Waals surface area contributed by atoms with Gasteiger partial charge in [0, 0.05) is 24.1 Å². The summed E-state index contributed by atoms with van der Waals surface area (Å²) in [6.45, 7) is 2.61. The van der Waals surface area contributed by atoms with Gasteiger partial charge in [0.1, 0.15) is 6.33 Å². The highest BCUT2D eigenvalue weighted by atomic mass is 32.1. The van der Waals surface area contributed by atoms with Crippen LogP contribution in [0.2, 0.25) is 0 Å². The lowest BCUT2D eigenvalue weighted by Crippen LogP contribution is -2.24. The molecule has 0 radical (unpaired) electrons. The van der Waals surface area contributed by atoms with Crippen molar-refractivity contribution in [3.63, 3.8) is 0 Å². The van der Waals surface area contributed by atoms with Crippen LogP contribution in [-0.4, -0.2) is 21.9 Å². The van der Waals surface area contributed by atoms with E-state index in [1.165, 1.54) is 17.9 Å². The average Bonchev–Trinajstić information content (AvgIpc) is 2.40. The maximum atomic E-state index is 5.38. The zero-order chi connectivity index (χ0) is 7.40. The molecule has 5 heteroatoms. The van der Waals surface area contributed by atoms with Crippen molar-refractivity contribution in [2.24, 2.45) is 5.73 Å². The highest BCUT2D eigenvalue weighted by molar-refractivity contribution is 7.09. The second kappa shape index (κ2) is 3.48. The molecule has 1 heterocycles. The zero-order valence-corrected chi connectivity index (χ0v) is 6.56. The van der Waals surface area contributed by atoms with E-state index >= 15 is 0 Å². The molecule has 0 amide bonds. The van der Waals surface area contributed by atoms with Crippen LogP contribution in [0.5, 0.6) is 0 Å². The van der Waals surface area contributed by atoms with Crippen molar-refractivity contribution >= 4 is 16.7 Å². The molecular weight excluding hydrogens is 148 g/mol. The minimum absolute atomic E-state index is 0.271. The molecule has 56 valence electrons. The van der Waals surface area contributed by atoms with Crippen LogP contribution in [0.3, 0.4) is 0 Å². The number of nitrogens with zero attached hydrogens (tertiary/aromatic N) is 2. The van der Waals surface area contributed by atoms with Gasteiger partial charge in [-0.2, -0.15) is 4.37 Å². The summed E-state index contributed by atoms with van der Waals surface area (Å²) in [6.07, 6.45) is 1.52. The monoisotopic (exact) mass is 158 g/mol. The standard InChI is InChI=1S/C5H10N4S/c1-4(2-6)9-5-7-3-8-10-5/h3-4H,2,6H2,1H3,(H,7,8,9). The molecule has 0 saturated carbocycles. The molecule has 0 aliphatic heterocycles. The Hall–Kier alpha value is -0.680. The Labute approximate surface area is 63.6 Å². The Balaban J connectivity index is 2.40. The molecular formula is C5H10N4S. The topological polar surface area (TPSA) is 63.8 Å². The smallest absolute Gasteiger partial charge is 0.202 e. The first-order chi connectivity index (χ1) is 4.83. The highest BCUT2D eigenvalue weighted by Crippen LogP contribution is 2.07. The Kier molecular flexibility index (Phi) is 2.58. The van der Waals surface area contributed by atoms with Crippen LogP contribution in [0.15, 0.2) is 6.33 Å². The molecule has 1 aromatic rings. The maximum Gasteiger partial charge on any atom is 0.202 e. The first kappa shape index (κ1) is 7.43. The lowest BCUT2D eigenvalue weighted by atomic mass is 10.4. The summed E-state index contributed by atoms with van der Waals surface area (Å²) in [6, 6.07) is 0.271. The van der Waals surface area contributed by atoms with Crippen LogP contribution in [0.25, 0.3) is 0 Å². The van der Waals surface area contributed by atoms with Gasteiger partial charge in [-0.3, -0.25) is 0 Å². The Bertz CT molecular complexity index is 174. The van der Waals surface area contributed by atoms with Crippen LogP contribution in [0.1, 0.15) is 6.92 Å². The molecule has 4 nitrogen and oxygen atoms in total. The van der Waals surface area contributed by atoms with Crippen LogP contribution in [-0.2, 0) is 0 Å². The number of hydrogen-bond acceptors (Lipinski definition) is 5. The number of hydrogen-bond donors (Lipinski definition) is 2. The predicted molar refractivity (Wildman–Crippen MR) is 42.0 cm³/mol. The van der Waals surface area contributed by atoms with Gasteiger partial charge in [-0.15, -0.1) is 0 Å². The molecule has 1 atom stereocenters. The SMILES string of the molecule is CC(CN)Nc1ncns1. The molecule has 1 rings (SSSR count). The molecule has 1 unspecified atom stereocenters. The largest absolute Gasteiger partial charge is 0.357 e. The molecule has 1 aromatic heterocycles. The Morgan fingerprint density at radius 1 is 1.90 bits per heavy atom. The van der Waals surface area contributed by atoms with Crippen molar-refractivity contribution in [1.29, 1.82) is 0 Å². The lowest BCUT2D eigenvalue weighted by Gasteiger charge is -2.07. The summed E-state index contributed by atoms with van der Waals surface area (Å²) in [5, 5.41) is 3.92. The average molecular weight is 158 g/mol. The lowest BCUT2D eigenvalue weighted by molar-refractivity contribution is 0.802. The third-order valence-electron chi connectivity index (χ3n) is 1.08. The molecule has 0 bridgehead atoms. The number of anilines is 1. The quantitative estimate of drug-likeness (QED) is 0.664. The van der Waals surface area contributed by atoms with Gasteiger partial charge in [-0.25, -0.2) is 4.98 Å². The van der Waals surface area contributed by atoms with Gasteiger partial charge in [-0.05, 0) is 6.92 Å². The Morgan fingerprint density at radius 2 is 2.70 bits per heavy atom. The molecule has 0 aliphatic carbocycles. The summed E-state index contributed by atoms with van der Waals surface area (Å²) < 4.78 is 3.84. The van der Waals surface area contributed by atoms with Crippen LogP contribution in [0.4, 0.5) is 5.13 Å². The third kappa shape index (κ3) is 1.93. The summed E-state index contributed by atoms with van der Waals surface area (Å²) in [4.78, 5) is 3.94. The van der Waals surface area contributed by atoms with Crippen LogP contribution in [0, 0.1) is 0 Å². The second-order valence-electron chi connectivity index (χ2n) is 2.03. The molecule has 3 N–H and O–H groups in total. The fourth-order valence-corrected chi connectivity index (χ4v) is 1.05. The zero-order valence-electron chi connectivity index (χ0n) is 5.74. The second-order valence-corrected chi connectivity index (χ2v) is 2.81. The van der Waals surface area contributed by atoms with Crippen molar-refractivity contribution in [3.8, 4) is 0 Å². The van der Waals surface area contributed by atoms with E-state index in [2.05, 4.69) is 14.7 Å². The molecule has 0 spiro atoms. The first-order valence-electron chi connectivity index (χ1n) is 3.06. The first-order valence-corrected chi connectivity index (χ1v) is 3.83. The maximum absolute atomic E-state index is 5.38. The summed E-state index contributed by atoms with van der Waals surface area (Å²) in [5.41, 5.74) is 5.38. The Morgan fingerprint density at radius 3 is 3.20 bits per heavy atom. The van der Waals surface area contributed by atoms with Crippen LogP contribution >= 0.6 is 11.5 Å². The molecule has 0 fully saturated rings. The van der Waals surface area contributed by atoms with E-state index in [4.69, 9.17) is 5.73 Å². The minimum atomic E-state index is 0.271. The van der Waals surface area contributed by atoms with Gasteiger partial charge in [0.15, 0.2) is 0 Å². The number of rotatable bonds is 3. The van der Waals surface area contributed by atoms with E-state index in [0.717, 1.165) is 5.13 Å². The van der Waals surface area contributed by atoms with Crippen molar-refractivity contribution in [2.45, 2.75) is 13.0 Å². The van der Waals surface area contributed by atoms with Crippen molar-refractivity contribution in [3.05, 3.63) is 6.33 Å². The number of aromatic nitrogens is 2. The number of nitrogens with two attached hydrogens (primary N) is 1. The normalized spacial score (nSPS) is 13.0. The fraction of sp³-hybridized carbons (Fsp3) is 0.600.